The van der Waals surface area contributed by atoms with Gasteiger partial charge in [0.25, 0.3) is 0 Å². The van der Waals surface area contributed by atoms with Gasteiger partial charge in [0.2, 0.25) is 0 Å². The van der Waals surface area contributed by atoms with Gasteiger partial charge < -0.3 is 24.2 Å². The van der Waals surface area contributed by atoms with E-state index in [-0.39, 0.29) is 25.9 Å². The van der Waals surface area contributed by atoms with E-state index in [9.17, 15) is 28.9 Å². The molecular weight excluding hydrogens is 1050 g/mol. The number of hydrogen-bond donors (Lipinski definition) is 2. The van der Waals surface area contributed by atoms with E-state index in [1.54, 1.807) is 0 Å². The summed E-state index contributed by atoms with van der Waals surface area (Å²) in [5, 5.41) is 9.86. The molecule has 0 aliphatic carbocycles. The summed E-state index contributed by atoms with van der Waals surface area (Å²) in [5.74, 6) is -1.51. The molecule has 3 atom stereocenters. The van der Waals surface area contributed by atoms with Crippen molar-refractivity contribution in [1.82, 2.24) is 0 Å². The third-order valence-corrected chi connectivity index (χ3v) is 14.3. The molecule has 0 aromatic heterocycles. The van der Waals surface area contributed by atoms with E-state index in [1.807, 2.05) is 0 Å². The Morgan fingerprint density at radius 3 is 0.976 bits per heavy atom. The topological polar surface area (TPSA) is 155 Å². The molecule has 0 rings (SSSR count). The lowest BCUT2D eigenvalue weighted by atomic mass is 10.1. The van der Waals surface area contributed by atoms with Crippen molar-refractivity contribution >= 4 is 25.7 Å². The van der Waals surface area contributed by atoms with Crippen LogP contribution in [0.3, 0.4) is 0 Å². The molecule has 82 heavy (non-hydrogen) atoms. The van der Waals surface area contributed by atoms with Gasteiger partial charge in [0.15, 0.2) is 6.10 Å². The molecule has 0 fully saturated rings. The highest BCUT2D eigenvalue weighted by molar-refractivity contribution is 7.47. The fraction of sp³-hybridized carbons (Fsp3) is 0.671. The predicted molar refractivity (Wildman–Crippen MR) is 343 cm³/mol. The molecule has 0 amide bonds. The normalized spacial score (nSPS) is 14.1. The standard InChI is InChI=1S/C70H117O11P/c1-4-7-10-13-16-19-22-25-28-31-33-36-38-41-44-47-50-53-56-59-68(72)77-63-67(81-70(74)61-58-55-52-49-46-43-40-37-34-32-29-26-23-20-17-14-11-8-5-2)65-79-82(75,76)78-64-66(62-71)80-69(73)60-57-54-51-48-45-42-39-35-30-27-24-21-18-15-12-9-6-3/h8-9,11-12,16-21,25-30,34,37,39,42,66-67,71H,4-7,10,13-15,22-24,31-33,35-36,38,40-41,43-65H2,1-3H3,(H,75,76)/b11-8-,12-9-,19-16-,20-17-,21-18-,28-25-,29-26-,30-27-,37-34-,42-39-. The van der Waals surface area contributed by atoms with Gasteiger partial charge in [0, 0.05) is 19.3 Å². The van der Waals surface area contributed by atoms with Crippen molar-refractivity contribution in [1.29, 1.82) is 0 Å². The third-order valence-electron chi connectivity index (χ3n) is 13.3. The molecule has 12 heteroatoms. The number of ether oxygens (including phenoxy) is 3. The summed E-state index contributed by atoms with van der Waals surface area (Å²) in [4.78, 5) is 48.8. The lowest BCUT2D eigenvalue weighted by Gasteiger charge is -2.21. The molecule has 0 bridgehead atoms. The van der Waals surface area contributed by atoms with Gasteiger partial charge in [0.05, 0.1) is 19.8 Å². The van der Waals surface area contributed by atoms with E-state index in [1.165, 1.54) is 57.8 Å². The van der Waals surface area contributed by atoms with Gasteiger partial charge in [-0.3, -0.25) is 23.4 Å². The van der Waals surface area contributed by atoms with Crippen LogP contribution in [0.15, 0.2) is 122 Å². The average Bonchev–Trinajstić information content (AvgIpc) is 3.50. The summed E-state index contributed by atoms with van der Waals surface area (Å²) in [5.41, 5.74) is 0. The van der Waals surface area contributed by atoms with Crippen LogP contribution in [0.1, 0.15) is 265 Å². The first-order valence-corrected chi connectivity index (χ1v) is 33.9. The van der Waals surface area contributed by atoms with E-state index in [0.717, 1.165) is 148 Å². The molecule has 0 saturated carbocycles. The first-order valence-electron chi connectivity index (χ1n) is 32.4. The van der Waals surface area contributed by atoms with Crippen molar-refractivity contribution < 1.29 is 52.2 Å². The van der Waals surface area contributed by atoms with E-state index in [0.29, 0.717) is 19.3 Å². The Morgan fingerprint density at radius 2 is 0.634 bits per heavy atom. The summed E-state index contributed by atoms with van der Waals surface area (Å²) in [6.07, 6.45) is 78.5. The van der Waals surface area contributed by atoms with Gasteiger partial charge in [-0.15, -0.1) is 0 Å². The molecule has 0 aromatic carbocycles. The molecule has 3 unspecified atom stereocenters. The number of carbonyl (C=O) groups is 3. The molecule has 0 saturated heterocycles. The van der Waals surface area contributed by atoms with Gasteiger partial charge >= 0.3 is 25.7 Å². The minimum absolute atomic E-state index is 0.142. The molecule has 11 nitrogen and oxygen atoms in total. The lowest BCUT2D eigenvalue weighted by molar-refractivity contribution is -0.161. The zero-order valence-corrected chi connectivity index (χ0v) is 52.8. The third kappa shape index (κ3) is 60.5. The second kappa shape index (κ2) is 62.9. The summed E-state index contributed by atoms with van der Waals surface area (Å²) < 4.78 is 39.7. The van der Waals surface area contributed by atoms with Crippen molar-refractivity contribution in [3.63, 3.8) is 0 Å². The van der Waals surface area contributed by atoms with Gasteiger partial charge in [-0.1, -0.05) is 239 Å². The van der Waals surface area contributed by atoms with E-state index < -0.39 is 57.8 Å². The minimum atomic E-state index is -4.77. The van der Waals surface area contributed by atoms with Crippen LogP contribution in [-0.4, -0.2) is 66.5 Å². The average molecular weight is 1170 g/mol. The quantitative estimate of drug-likeness (QED) is 0.0197. The van der Waals surface area contributed by atoms with Crippen LogP contribution in [0.25, 0.3) is 0 Å². The summed E-state index contributed by atoms with van der Waals surface area (Å²) >= 11 is 0. The SMILES string of the molecule is CC/C=C\C/C=C\C/C=C\C/C=C\CCCCCCCCC(=O)OC(COC(=O)CCCCCCCCCCC/C=C\C/C=C\CCCCC)COP(=O)(O)OCC(CO)OC(=O)CCCCCC/C=C\C/C=C\C/C=C\C/C=C\CC. The maximum Gasteiger partial charge on any atom is 0.472 e. The monoisotopic (exact) mass is 1160 g/mol. The van der Waals surface area contributed by atoms with Crippen LogP contribution in [0, 0.1) is 0 Å². The Hall–Kier alpha value is -4.12. The fourth-order valence-corrected chi connectivity index (χ4v) is 9.27. The van der Waals surface area contributed by atoms with Crippen LogP contribution in [0.2, 0.25) is 0 Å². The number of esters is 3. The second-order valence-electron chi connectivity index (χ2n) is 21.2. The van der Waals surface area contributed by atoms with Gasteiger partial charge in [-0.2, -0.15) is 0 Å². The minimum Gasteiger partial charge on any atom is -0.462 e. The zero-order chi connectivity index (χ0) is 59.8. The molecular formula is C70H117O11P. The number of phosphoric ester groups is 1. The number of hydrogen-bond acceptors (Lipinski definition) is 10. The Kier molecular flexibility index (Phi) is 59.8. The van der Waals surface area contributed by atoms with Crippen molar-refractivity contribution in [2.45, 2.75) is 277 Å². The van der Waals surface area contributed by atoms with Crippen molar-refractivity contribution in [3.05, 3.63) is 122 Å². The highest BCUT2D eigenvalue weighted by Crippen LogP contribution is 2.43. The summed E-state index contributed by atoms with van der Waals surface area (Å²) in [6.45, 7) is 4.36. The number of unbranched alkanes of at least 4 members (excludes halogenated alkanes) is 22. The summed E-state index contributed by atoms with van der Waals surface area (Å²) in [7, 11) is -4.77. The van der Waals surface area contributed by atoms with Crippen LogP contribution >= 0.6 is 7.82 Å². The van der Waals surface area contributed by atoms with Crippen LogP contribution in [-0.2, 0) is 42.2 Å². The maximum atomic E-state index is 13.0. The zero-order valence-electron chi connectivity index (χ0n) is 51.9. The molecule has 0 aromatic rings. The number of phosphoric acid groups is 1. The molecule has 0 spiro atoms. The molecule has 0 heterocycles. The molecule has 0 radical (unpaired) electrons. The van der Waals surface area contributed by atoms with E-state index >= 15 is 0 Å². The maximum absolute atomic E-state index is 13.0. The van der Waals surface area contributed by atoms with Gasteiger partial charge in [0.1, 0.15) is 12.7 Å². The van der Waals surface area contributed by atoms with Gasteiger partial charge in [-0.05, 0) is 128 Å². The number of aliphatic hydroxyl groups excluding tert-OH is 1. The number of aliphatic hydroxyl groups is 1. The van der Waals surface area contributed by atoms with E-state index in [4.69, 9.17) is 23.3 Å². The van der Waals surface area contributed by atoms with Crippen LogP contribution in [0.4, 0.5) is 0 Å². The van der Waals surface area contributed by atoms with Gasteiger partial charge in [-0.25, -0.2) is 4.57 Å². The Bertz CT molecular complexity index is 1840. The van der Waals surface area contributed by atoms with Crippen molar-refractivity contribution in [2.24, 2.45) is 0 Å². The van der Waals surface area contributed by atoms with Crippen LogP contribution < -0.4 is 0 Å². The predicted octanol–water partition coefficient (Wildman–Crippen LogP) is 19.9. The second-order valence-corrected chi connectivity index (χ2v) is 22.6. The molecule has 0 aliphatic heterocycles. The first-order chi connectivity index (χ1) is 40.2. The first kappa shape index (κ1) is 77.9. The summed E-state index contributed by atoms with van der Waals surface area (Å²) in [6, 6.07) is 0. The molecule has 468 valence electrons. The largest absolute Gasteiger partial charge is 0.472 e. The lowest BCUT2D eigenvalue weighted by Crippen LogP contribution is -2.30. The molecule has 2 N–H and O–H groups in total. The van der Waals surface area contributed by atoms with Crippen molar-refractivity contribution in [2.75, 3.05) is 26.4 Å². The van der Waals surface area contributed by atoms with Crippen molar-refractivity contribution in [3.8, 4) is 0 Å². The molecule has 0 aliphatic rings. The number of carbonyl (C=O) groups excluding carboxylic acids is 3. The van der Waals surface area contributed by atoms with Crippen LogP contribution in [0.5, 0.6) is 0 Å². The number of rotatable bonds is 59. The number of allylic oxidation sites excluding steroid dienone is 20. The smallest absolute Gasteiger partial charge is 0.462 e. The fourth-order valence-electron chi connectivity index (χ4n) is 8.49. The Labute approximate surface area is 500 Å². The Balaban J connectivity index is 4.77. The highest BCUT2D eigenvalue weighted by Gasteiger charge is 2.28. The Morgan fingerprint density at radius 1 is 0.354 bits per heavy atom. The van der Waals surface area contributed by atoms with E-state index in [2.05, 4.69) is 142 Å². The highest BCUT2D eigenvalue weighted by atomic mass is 31.2.